The van der Waals surface area contributed by atoms with Crippen molar-refractivity contribution in [1.29, 1.82) is 0 Å². The molecule has 1 aliphatic rings. The topological polar surface area (TPSA) is 0 Å². The van der Waals surface area contributed by atoms with Gasteiger partial charge in [-0.15, -0.1) is 0 Å². The standard InChI is InChI=1S/C18H36/c1-7-8-17-10-9-16(6)13-18(17,11-14(2)3)12-15(4)5/h14-17H,7-13H2,1-6H3. The lowest BCUT2D eigenvalue weighted by atomic mass is 9.56. The van der Waals surface area contributed by atoms with Gasteiger partial charge in [0.1, 0.15) is 0 Å². The molecular weight excluding hydrogens is 216 g/mol. The van der Waals surface area contributed by atoms with Crippen molar-refractivity contribution in [2.45, 2.75) is 86.5 Å². The maximum atomic E-state index is 2.48. The second-order valence-electron chi connectivity index (χ2n) is 7.93. The van der Waals surface area contributed by atoms with E-state index in [0.29, 0.717) is 5.41 Å². The maximum Gasteiger partial charge on any atom is -0.0262 e. The van der Waals surface area contributed by atoms with Crippen molar-refractivity contribution < 1.29 is 0 Å². The third-order valence-corrected chi connectivity index (χ3v) is 4.90. The van der Waals surface area contributed by atoms with E-state index in [4.69, 9.17) is 0 Å². The van der Waals surface area contributed by atoms with Gasteiger partial charge in [0.2, 0.25) is 0 Å². The molecule has 0 bridgehead atoms. The molecule has 0 amide bonds. The smallest absolute Gasteiger partial charge is 0.0262 e. The Morgan fingerprint density at radius 1 is 1.00 bits per heavy atom. The van der Waals surface area contributed by atoms with Gasteiger partial charge in [0.15, 0.2) is 0 Å². The first kappa shape index (κ1) is 16.1. The molecule has 108 valence electrons. The van der Waals surface area contributed by atoms with E-state index in [1.54, 1.807) is 0 Å². The number of rotatable bonds is 6. The molecule has 2 atom stereocenters. The molecule has 0 heterocycles. The summed E-state index contributed by atoms with van der Waals surface area (Å²) in [6, 6.07) is 0. The highest BCUT2D eigenvalue weighted by atomic mass is 14.5. The first-order valence-corrected chi connectivity index (χ1v) is 8.39. The van der Waals surface area contributed by atoms with Gasteiger partial charge in [-0.25, -0.2) is 0 Å². The summed E-state index contributed by atoms with van der Waals surface area (Å²) in [7, 11) is 0. The number of hydrogen-bond donors (Lipinski definition) is 0. The van der Waals surface area contributed by atoms with Crippen molar-refractivity contribution in [2.75, 3.05) is 0 Å². The Kier molecular flexibility index (Phi) is 6.21. The van der Waals surface area contributed by atoms with Gasteiger partial charge in [-0.1, -0.05) is 60.8 Å². The van der Waals surface area contributed by atoms with Gasteiger partial charge in [0, 0.05) is 0 Å². The van der Waals surface area contributed by atoms with E-state index in [-0.39, 0.29) is 0 Å². The molecule has 1 rings (SSSR count). The fourth-order valence-corrected chi connectivity index (χ4v) is 4.76. The van der Waals surface area contributed by atoms with Crippen LogP contribution in [0.2, 0.25) is 0 Å². The third-order valence-electron chi connectivity index (χ3n) is 4.90. The van der Waals surface area contributed by atoms with Gasteiger partial charge < -0.3 is 0 Å². The Bertz CT molecular complexity index is 211. The number of hydrogen-bond acceptors (Lipinski definition) is 0. The van der Waals surface area contributed by atoms with Crippen LogP contribution in [0, 0.1) is 29.1 Å². The van der Waals surface area contributed by atoms with E-state index < -0.39 is 0 Å². The largest absolute Gasteiger partial charge is 0.0654 e. The lowest BCUT2D eigenvalue weighted by Crippen LogP contribution is -2.39. The summed E-state index contributed by atoms with van der Waals surface area (Å²) in [4.78, 5) is 0. The Labute approximate surface area is 116 Å². The molecule has 1 fully saturated rings. The Balaban J connectivity index is 2.90. The van der Waals surface area contributed by atoms with Gasteiger partial charge in [-0.05, 0) is 54.8 Å². The van der Waals surface area contributed by atoms with E-state index >= 15 is 0 Å². The van der Waals surface area contributed by atoms with Crippen LogP contribution in [0.4, 0.5) is 0 Å². The third kappa shape index (κ3) is 4.28. The molecule has 0 aromatic heterocycles. The summed E-state index contributed by atoms with van der Waals surface area (Å²) < 4.78 is 0. The van der Waals surface area contributed by atoms with Crippen LogP contribution in [-0.4, -0.2) is 0 Å². The first-order chi connectivity index (χ1) is 8.39. The average molecular weight is 252 g/mol. The molecule has 0 spiro atoms. The van der Waals surface area contributed by atoms with Gasteiger partial charge in [-0.3, -0.25) is 0 Å². The van der Waals surface area contributed by atoms with Gasteiger partial charge in [0.05, 0.1) is 0 Å². The van der Waals surface area contributed by atoms with E-state index in [2.05, 4.69) is 41.5 Å². The molecule has 1 aliphatic carbocycles. The molecular formula is C18H36. The van der Waals surface area contributed by atoms with Crippen LogP contribution in [0.1, 0.15) is 86.5 Å². The van der Waals surface area contributed by atoms with Crippen LogP contribution < -0.4 is 0 Å². The highest BCUT2D eigenvalue weighted by Crippen LogP contribution is 2.53. The van der Waals surface area contributed by atoms with E-state index in [1.165, 1.54) is 44.9 Å². The van der Waals surface area contributed by atoms with Crippen molar-refractivity contribution in [3.8, 4) is 0 Å². The normalized spacial score (nSPS) is 28.0. The zero-order valence-electron chi connectivity index (χ0n) is 13.8. The summed E-state index contributed by atoms with van der Waals surface area (Å²) in [5.74, 6) is 3.67. The van der Waals surface area contributed by atoms with E-state index in [1.807, 2.05) is 0 Å². The highest BCUT2D eigenvalue weighted by Gasteiger charge is 2.42. The van der Waals surface area contributed by atoms with Crippen molar-refractivity contribution in [3.05, 3.63) is 0 Å². The summed E-state index contributed by atoms with van der Waals surface area (Å²) in [5.41, 5.74) is 0.663. The molecule has 0 aliphatic heterocycles. The molecule has 2 unspecified atom stereocenters. The molecule has 1 saturated carbocycles. The van der Waals surface area contributed by atoms with Crippen LogP contribution in [0.5, 0.6) is 0 Å². The SMILES string of the molecule is CCCC1CCC(C)CC1(CC(C)C)CC(C)C. The quantitative estimate of drug-likeness (QED) is 0.520. The lowest BCUT2D eigenvalue weighted by molar-refractivity contribution is 0.0146. The molecule has 0 saturated heterocycles. The zero-order valence-corrected chi connectivity index (χ0v) is 13.8. The fourth-order valence-electron chi connectivity index (χ4n) is 4.76. The second kappa shape index (κ2) is 6.96. The van der Waals surface area contributed by atoms with Crippen LogP contribution in [0.3, 0.4) is 0 Å². The Morgan fingerprint density at radius 3 is 2.00 bits per heavy atom. The van der Waals surface area contributed by atoms with Crippen molar-refractivity contribution in [1.82, 2.24) is 0 Å². The van der Waals surface area contributed by atoms with Crippen molar-refractivity contribution >= 4 is 0 Å². The monoisotopic (exact) mass is 252 g/mol. The van der Waals surface area contributed by atoms with E-state index in [0.717, 1.165) is 23.7 Å². The molecule has 0 aromatic carbocycles. The van der Waals surface area contributed by atoms with Crippen molar-refractivity contribution in [3.63, 3.8) is 0 Å². The summed E-state index contributed by atoms with van der Waals surface area (Å²) in [6.45, 7) is 14.5. The minimum Gasteiger partial charge on any atom is -0.0654 e. The summed E-state index contributed by atoms with van der Waals surface area (Å²) in [5, 5.41) is 0. The molecule has 0 aromatic rings. The minimum absolute atomic E-state index is 0.663. The minimum atomic E-state index is 0.663. The predicted molar refractivity (Wildman–Crippen MR) is 82.8 cm³/mol. The van der Waals surface area contributed by atoms with Crippen LogP contribution >= 0.6 is 0 Å². The highest BCUT2D eigenvalue weighted by molar-refractivity contribution is 4.92. The van der Waals surface area contributed by atoms with Gasteiger partial charge in [-0.2, -0.15) is 0 Å². The maximum absolute atomic E-state index is 2.48. The average Bonchev–Trinajstić information content (AvgIpc) is 2.20. The Morgan fingerprint density at radius 2 is 1.56 bits per heavy atom. The molecule has 0 nitrogen and oxygen atoms in total. The van der Waals surface area contributed by atoms with Gasteiger partial charge in [0.25, 0.3) is 0 Å². The molecule has 0 N–H and O–H groups in total. The Hall–Kier alpha value is 0. The van der Waals surface area contributed by atoms with Crippen LogP contribution in [-0.2, 0) is 0 Å². The molecule has 0 radical (unpaired) electrons. The fraction of sp³-hybridized carbons (Fsp3) is 1.00. The van der Waals surface area contributed by atoms with E-state index in [9.17, 15) is 0 Å². The van der Waals surface area contributed by atoms with Crippen LogP contribution in [0.15, 0.2) is 0 Å². The predicted octanol–water partition coefficient (Wildman–Crippen LogP) is 6.30. The van der Waals surface area contributed by atoms with Crippen molar-refractivity contribution in [2.24, 2.45) is 29.1 Å². The summed E-state index contributed by atoms with van der Waals surface area (Å²) in [6.07, 6.45) is 10.2. The first-order valence-electron chi connectivity index (χ1n) is 8.39. The lowest BCUT2D eigenvalue weighted by Gasteiger charge is -2.49. The summed E-state index contributed by atoms with van der Waals surface area (Å²) >= 11 is 0. The molecule has 0 heteroatoms. The van der Waals surface area contributed by atoms with Crippen LogP contribution in [0.25, 0.3) is 0 Å². The second-order valence-corrected chi connectivity index (χ2v) is 7.93. The zero-order chi connectivity index (χ0) is 13.8. The molecule has 18 heavy (non-hydrogen) atoms. The van der Waals surface area contributed by atoms with Gasteiger partial charge >= 0.3 is 0 Å².